The van der Waals surface area contributed by atoms with Crippen LogP contribution in [0.25, 0.3) is 0 Å². The van der Waals surface area contributed by atoms with Crippen LogP contribution in [0.4, 0.5) is 0 Å². The molecular formula is C12H23O4P. The van der Waals surface area contributed by atoms with E-state index in [2.05, 4.69) is 0 Å². The van der Waals surface area contributed by atoms with Gasteiger partial charge in [-0.25, -0.2) is 0 Å². The van der Waals surface area contributed by atoms with Gasteiger partial charge in [0.05, 0.1) is 13.2 Å². The second-order valence-electron chi connectivity index (χ2n) is 4.40. The number of aldehydes is 1. The van der Waals surface area contributed by atoms with Crippen LogP contribution in [-0.4, -0.2) is 25.2 Å². The topological polar surface area (TPSA) is 52.6 Å². The molecule has 0 saturated heterocycles. The summed E-state index contributed by atoms with van der Waals surface area (Å²) in [5.41, 5.74) is -0.581. The minimum absolute atomic E-state index is 0.158. The average molecular weight is 262 g/mol. The van der Waals surface area contributed by atoms with Gasteiger partial charge in [-0.15, -0.1) is 0 Å². The molecule has 1 aliphatic carbocycles. The molecule has 1 atom stereocenters. The van der Waals surface area contributed by atoms with Crippen LogP contribution < -0.4 is 0 Å². The number of carbonyl (C=O) groups is 1. The molecule has 1 unspecified atom stereocenters. The van der Waals surface area contributed by atoms with Gasteiger partial charge < -0.3 is 13.8 Å². The zero-order chi connectivity index (χ0) is 12.7. The zero-order valence-electron chi connectivity index (χ0n) is 10.8. The van der Waals surface area contributed by atoms with Crippen LogP contribution in [-0.2, 0) is 18.4 Å². The van der Waals surface area contributed by atoms with Crippen LogP contribution in [0, 0.1) is 5.92 Å². The molecule has 100 valence electrons. The zero-order valence-corrected chi connectivity index (χ0v) is 11.7. The van der Waals surface area contributed by atoms with E-state index in [0.717, 1.165) is 32.0 Å². The lowest BCUT2D eigenvalue weighted by Gasteiger charge is -2.31. The Morgan fingerprint density at radius 1 is 1.18 bits per heavy atom. The van der Waals surface area contributed by atoms with Crippen molar-refractivity contribution in [3.8, 4) is 0 Å². The van der Waals surface area contributed by atoms with Gasteiger partial charge >= 0.3 is 7.60 Å². The third kappa shape index (κ3) is 3.90. The minimum atomic E-state index is -3.27. The fourth-order valence-electron chi connectivity index (χ4n) is 2.49. The van der Waals surface area contributed by atoms with E-state index < -0.39 is 13.3 Å². The highest BCUT2D eigenvalue weighted by Crippen LogP contribution is 2.56. The molecular weight excluding hydrogens is 239 g/mol. The fraction of sp³-hybridized carbons (Fsp3) is 0.917. The van der Waals surface area contributed by atoms with Crippen LogP contribution in [0.15, 0.2) is 0 Å². The van der Waals surface area contributed by atoms with E-state index in [1.165, 1.54) is 6.42 Å². The van der Waals surface area contributed by atoms with Crippen LogP contribution in [0.3, 0.4) is 0 Å². The molecule has 5 heteroatoms. The summed E-state index contributed by atoms with van der Waals surface area (Å²) in [5, 5.41) is 0. The van der Waals surface area contributed by atoms with Gasteiger partial charge in [0.25, 0.3) is 0 Å². The van der Waals surface area contributed by atoms with Crippen molar-refractivity contribution < 1.29 is 18.4 Å². The van der Waals surface area contributed by atoms with Gasteiger partial charge in [-0.3, -0.25) is 4.57 Å². The molecule has 0 aliphatic heterocycles. The van der Waals surface area contributed by atoms with Gasteiger partial charge in [0.2, 0.25) is 0 Å². The minimum Gasteiger partial charge on any atom is -0.308 e. The SMILES string of the molecule is CCOP(=O)(OCC)C(C=O)C1CCCCC1. The van der Waals surface area contributed by atoms with Gasteiger partial charge in [0, 0.05) is 0 Å². The summed E-state index contributed by atoms with van der Waals surface area (Å²) >= 11 is 0. The highest BCUT2D eigenvalue weighted by molar-refractivity contribution is 7.55. The lowest BCUT2D eigenvalue weighted by Crippen LogP contribution is -2.26. The first-order valence-electron chi connectivity index (χ1n) is 6.52. The third-order valence-corrected chi connectivity index (χ3v) is 5.77. The van der Waals surface area contributed by atoms with E-state index in [1.54, 1.807) is 13.8 Å². The Labute approximate surface area is 104 Å². The van der Waals surface area contributed by atoms with Crippen LogP contribution in [0.5, 0.6) is 0 Å². The largest absolute Gasteiger partial charge is 0.341 e. The Morgan fingerprint density at radius 3 is 2.12 bits per heavy atom. The van der Waals surface area contributed by atoms with Gasteiger partial charge in [-0.05, 0) is 32.6 Å². The fourth-order valence-corrected chi connectivity index (χ4v) is 4.59. The molecule has 0 aromatic heterocycles. The van der Waals surface area contributed by atoms with Crippen LogP contribution in [0.1, 0.15) is 46.0 Å². The number of carbonyl (C=O) groups excluding carboxylic acids is 1. The quantitative estimate of drug-likeness (QED) is 0.521. The molecule has 0 aromatic rings. The van der Waals surface area contributed by atoms with E-state index in [1.807, 2.05) is 0 Å². The molecule has 0 amide bonds. The predicted molar refractivity (Wildman–Crippen MR) is 67.3 cm³/mol. The second-order valence-corrected chi connectivity index (χ2v) is 6.59. The maximum absolute atomic E-state index is 12.6. The summed E-state index contributed by atoms with van der Waals surface area (Å²) in [4.78, 5) is 11.3. The molecule has 0 radical (unpaired) electrons. The van der Waals surface area contributed by atoms with E-state index in [-0.39, 0.29) is 5.92 Å². The van der Waals surface area contributed by atoms with Crippen molar-refractivity contribution in [3.63, 3.8) is 0 Å². The molecule has 1 aliphatic rings. The summed E-state index contributed by atoms with van der Waals surface area (Å²) < 4.78 is 23.1. The predicted octanol–water partition coefficient (Wildman–Crippen LogP) is 3.40. The second kappa shape index (κ2) is 7.30. The highest BCUT2D eigenvalue weighted by Gasteiger charge is 2.41. The lowest BCUT2D eigenvalue weighted by molar-refractivity contribution is -0.108. The van der Waals surface area contributed by atoms with Crippen molar-refractivity contribution in [2.75, 3.05) is 13.2 Å². The van der Waals surface area contributed by atoms with Crippen molar-refractivity contribution in [2.24, 2.45) is 5.92 Å². The standard InChI is InChI=1S/C12H23O4P/c1-3-15-17(14,16-4-2)12(10-13)11-8-6-5-7-9-11/h10-12H,3-9H2,1-2H3. The molecule has 1 rings (SSSR count). The van der Waals surface area contributed by atoms with E-state index in [0.29, 0.717) is 13.2 Å². The smallest absolute Gasteiger partial charge is 0.308 e. The Bertz CT molecular complexity index is 264. The molecule has 1 saturated carbocycles. The first-order chi connectivity index (χ1) is 8.18. The average Bonchev–Trinajstić information content (AvgIpc) is 2.31. The van der Waals surface area contributed by atoms with Crippen molar-refractivity contribution in [3.05, 3.63) is 0 Å². The normalized spacial score (nSPS) is 20.1. The molecule has 0 bridgehead atoms. The Hall–Kier alpha value is -0.180. The van der Waals surface area contributed by atoms with Crippen molar-refractivity contribution in [2.45, 2.75) is 51.6 Å². The van der Waals surface area contributed by atoms with Crippen molar-refractivity contribution in [1.82, 2.24) is 0 Å². The maximum Gasteiger partial charge on any atom is 0.341 e. The first-order valence-corrected chi connectivity index (χ1v) is 8.13. The Kier molecular flexibility index (Phi) is 6.39. The third-order valence-electron chi connectivity index (χ3n) is 3.26. The van der Waals surface area contributed by atoms with Crippen molar-refractivity contribution >= 4 is 13.9 Å². The summed E-state index contributed by atoms with van der Waals surface area (Å²) in [6.07, 6.45) is 6.10. The summed E-state index contributed by atoms with van der Waals surface area (Å²) in [6, 6.07) is 0. The summed E-state index contributed by atoms with van der Waals surface area (Å²) in [7, 11) is -3.27. The van der Waals surface area contributed by atoms with Crippen molar-refractivity contribution in [1.29, 1.82) is 0 Å². The highest BCUT2D eigenvalue weighted by atomic mass is 31.2. The molecule has 0 heterocycles. The van der Waals surface area contributed by atoms with Crippen LogP contribution in [0.2, 0.25) is 0 Å². The first kappa shape index (κ1) is 14.9. The van der Waals surface area contributed by atoms with E-state index in [9.17, 15) is 9.36 Å². The molecule has 1 fully saturated rings. The monoisotopic (exact) mass is 262 g/mol. The molecule has 0 spiro atoms. The maximum atomic E-state index is 12.6. The van der Waals surface area contributed by atoms with Crippen LogP contribution >= 0.6 is 7.60 Å². The Morgan fingerprint density at radius 2 is 1.71 bits per heavy atom. The number of hydrogen-bond acceptors (Lipinski definition) is 4. The van der Waals surface area contributed by atoms with Gasteiger partial charge in [-0.2, -0.15) is 0 Å². The summed E-state index contributed by atoms with van der Waals surface area (Å²) in [5.74, 6) is 0.158. The van der Waals surface area contributed by atoms with Gasteiger partial charge in [0.1, 0.15) is 11.9 Å². The number of rotatable bonds is 7. The molecule has 0 N–H and O–H groups in total. The molecule has 0 aromatic carbocycles. The van der Waals surface area contributed by atoms with Gasteiger partial charge in [0.15, 0.2) is 0 Å². The molecule has 17 heavy (non-hydrogen) atoms. The molecule has 4 nitrogen and oxygen atoms in total. The summed E-state index contributed by atoms with van der Waals surface area (Å²) in [6.45, 7) is 4.17. The van der Waals surface area contributed by atoms with E-state index >= 15 is 0 Å². The number of hydrogen-bond donors (Lipinski definition) is 0. The van der Waals surface area contributed by atoms with E-state index in [4.69, 9.17) is 9.05 Å². The Balaban J connectivity index is 2.79. The lowest BCUT2D eigenvalue weighted by atomic mass is 9.87. The van der Waals surface area contributed by atoms with Gasteiger partial charge in [-0.1, -0.05) is 19.3 Å².